The van der Waals surface area contributed by atoms with E-state index in [0.717, 1.165) is 71.6 Å². The lowest BCUT2D eigenvalue weighted by atomic mass is 10.0. The molecule has 2 aliphatic rings. The summed E-state index contributed by atoms with van der Waals surface area (Å²) in [6.07, 6.45) is 4.22. The Hall–Kier alpha value is -3.08. The molecule has 3 aromatic heterocycles. The van der Waals surface area contributed by atoms with Crippen molar-refractivity contribution in [3.63, 3.8) is 0 Å². The molecule has 2 saturated heterocycles. The van der Waals surface area contributed by atoms with E-state index in [2.05, 4.69) is 60.0 Å². The third-order valence-electron chi connectivity index (χ3n) is 7.10. The first kappa shape index (κ1) is 23.3. The summed E-state index contributed by atoms with van der Waals surface area (Å²) in [6, 6.07) is 11.0. The molecule has 4 aromatic rings. The first-order valence-electron chi connectivity index (χ1n) is 12.6. The van der Waals surface area contributed by atoms with Gasteiger partial charge in [-0.1, -0.05) is 35.1 Å². The van der Waals surface area contributed by atoms with Crippen LogP contribution in [0.25, 0.3) is 27.6 Å². The maximum atomic E-state index is 5.61. The molecule has 0 aliphatic carbocycles. The predicted octanol–water partition coefficient (Wildman–Crippen LogP) is 3.61. The van der Waals surface area contributed by atoms with Gasteiger partial charge in [0.2, 0.25) is 0 Å². The highest BCUT2D eigenvalue weighted by Crippen LogP contribution is 2.36. The average Bonchev–Trinajstić information content (AvgIpc) is 3.57. The topological polar surface area (TPSA) is 75.4 Å². The van der Waals surface area contributed by atoms with Gasteiger partial charge in [-0.05, 0) is 46.0 Å². The molecule has 2 aliphatic heterocycles. The van der Waals surface area contributed by atoms with Crippen LogP contribution in [0, 0.1) is 6.92 Å². The number of aromatic nitrogens is 5. The number of ether oxygens (including phenoxy) is 1. The molecule has 9 nitrogen and oxygen atoms in total. The Labute approximate surface area is 215 Å². The van der Waals surface area contributed by atoms with Gasteiger partial charge in [0.15, 0.2) is 16.6 Å². The smallest absolute Gasteiger partial charge is 0.254 e. The second-order valence-electron chi connectivity index (χ2n) is 9.79. The van der Waals surface area contributed by atoms with E-state index < -0.39 is 0 Å². The Kier molecular flexibility index (Phi) is 6.32. The summed E-state index contributed by atoms with van der Waals surface area (Å²) in [5.74, 6) is 1.48. The molecule has 0 atom stereocenters. The zero-order valence-corrected chi connectivity index (χ0v) is 21.9. The number of benzene rings is 1. The molecule has 0 bridgehead atoms. The quantitative estimate of drug-likeness (QED) is 0.408. The van der Waals surface area contributed by atoms with Crippen molar-refractivity contribution in [1.29, 1.82) is 0 Å². The lowest BCUT2D eigenvalue weighted by Gasteiger charge is -2.34. The number of aryl methyl sites for hydroxylation is 1. The minimum Gasteiger partial charge on any atom is -0.378 e. The van der Waals surface area contributed by atoms with Crippen molar-refractivity contribution in [2.75, 3.05) is 63.3 Å². The minimum atomic E-state index is 0.547. The second-order valence-corrected chi connectivity index (χ2v) is 10.8. The zero-order valence-electron chi connectivity index (χ0n) is 21.1. The van der Waals surface area contributed by atoms with Crippen LogP contribution in [0.2, 0.25) is 0 Å². The molecule has 36 heavy (non-hydrogen) atoms. The molecular weight excluding hydrogens is 472 g/mol. The van der Waals surface area contributed by atoms with Crippen LogP contribution < -0.4 is 9.80 Å². The van der Waals surface area contributed by atoms with Gasteiger partial charge >= 0.3 is 0 Å². The molecule has 10 heteroatoms. The molecule has 0 radical (unpaired) electrons. The van der Waals surface area contributed by atoms with Gasteiger partial charge in [-0.3, -0.25) is 0 Å². The Balaban J connectivity index is 1.37. The predicted molar refractivity (Wildman–Crippen MR) is 144 cm³/mol. The standard InChI is InChI=1S/C26H32N8OS/c1-18-5-4-6-19(17-18)21-9-12-34(30-21)25-27-23-22(24(29-25)32-13-15-35-16-14-32)36-26(28-23)33-10-7-20(8-11-33)31(2)3/h4-6,9,12,17,20H,7-8,10-11,13-16H2,1-3H3. The molecule has 0 unspecified atom stereocenters. The maximum Gasteiger partial charge on any atom is 0.254 e. The Morgan fingerprint density at radius 1 is 0.972 bits per heavy atom. The Bertz CT molecular complexity index is 1350. The van der Waals surface area contributed by atoms with Crippen molar-refractivity contribution in [2.24, 2.45) is 0 Å². The van der Waals surface area contributed by atoms with Gasteiger partial charge in [-0.2, -0.15) is 20.1 Å². The van der Waals surface area contributed by atoms with Crippen molar-refractivity contribution >= 4 is 32.6 Å². The molecule has 5 heterocycles. The summed E-state index contributed by atoms with van der Waals surface area (Å²) < 4.78 is 8.42. The fraction of sp³-hybridized carbons (Fsp3) is 0.462. The number of hydrogen-bond donors (Lipinski definition) is 0. The van der Waals surface area contributed by atoms with Crippen LogP contribution in [0.5, 0.6) is 0 Å². The van der Waals surface area contributed by atoms with Crippen LogP contribution in [0.3, 0.4) is 0 Å². The molecule has 2 fully saturated rings. The average molecular weight is 505 g/mol. The molecular formula is C26H32N8OS. The van der Waals surface area contributed by atoms with E-state index in [-0.39, 0.29) is 0 Å². The van der Waals surface area contributed by atoms with Crippen LogP contribution in [0.1, 0.15) is 18.4 Å². The van der Waals surface area contributed by atoms with E-state index in [1.54, 1.807) is 16.0 Å². The highest BCUT2D eigenvalue weighted by Gasteiger charge is 2.26. The first-order valence-corrected chi connectivity index (χ1v) is 13.4. The molecule has 6 rings (SSSR count). The highest BCUT2D eigenvalue weighted by atomic mass is 32.1. The van der Waals surface area contributed by atoms with Crippen LogP contribution >= 0.6 is 11.3 Å². The van der Waals surface area contributed by atoms with E-state index >= 15 is 0 Å². The van der Waals surface area contributed by atoms with E-state index in [1.165, 1.54) is 5.56 Å². The number of morpholine rings is 1. The molecule has 188 valence electrons. The maximum absolute atomic E-state index is 5.61. The van der Waals surface area contributed by atoms with Crippen LogP contribution in [0.4, 0.5) is 10.9 Å². The zero-order chi connectivity index (χ0) is 24.6. The summed E-state index contributed by atoms with van der Waals surface area (Å²) in [6.45, 7) is 7.12. The fourth-order valence-corrected chi connectivity index (χ4v) is 6.06. The molecule has 0 amide bonds. The highest BCUT2D eigenvalue weighted by molar-refractivity contribution is 7.22. The van der Waals surface area contributed by atoms with Gasteiger partial charge in [-0.25, -0.2) is 4.68 Å². The van der Waals surface area contributed by atoms with Gasteiger partial charge in [0.05, 0.1) is 18.9 Å². The van der Waals surface area contributed by atoms with E-state index in [4.69, 9.17) is 24.8 Å². The molecule has 0 N–H and O–H groups in total. The van der Waals surface area contributed by atoms with E-state index in [1.807, 2.05) is 12.3 Å². The monoisotopic (exact) mass is 504 g/mol. The van der Waals surface area contributed by atoms with Crippen LogP contribution in [0.15, 0.2) is 36.5 Å². The third-order valence-corrected chi connectivity index (χ3v) is 8.20. The van der Waals surface area contributed by atoms with Crippen molar-refractivity contribution in [3.8, 4) is 17.2 Å². The van der Waals surface area contributed by atoms with Gasteiger partial charge < -0.3 is 19.4 Å². The number of anilines is 2. The van der Waals surface area contributed by atoms with E-state index in [0.29, 0.717) is 25.2 Å². The van der Waals surface area contributed by atoms with Crippen LogP contribution in [-0.2, 0) is 4.74 Å². The summed E-state index contributed by atoms with van der Waals surface area (Å²) >= 11 is 1.71. The number of hydrogen-bond acceptors (Lipinski definition) is 9. The molecule has 0 spiro atoms. The lowest BCUT2D eigenvalue weighted by molar-refractivity contribution is 0.122. The summed E-state index contributed by atoms with van der Waals surface area (Å²) in [5.41, 5.74) is 3.93. The second kappa shape index (κ2) is 9.76. The largest absolute Gasteiger partial charge is 0.378 e. The molecule has 0 saturated carbocycles. The fourth-order valence-electron chi connectivity index (χ4n) is 4.98. The summed E-state index contributed by atoms with van der Waals surface area (Å²) in [7, 11) is 4.34. The normalized spacial score (nSPS) is 17.4. The number of nitrogens with zero attached hydrogens (tertiary/aromatic N) is 8. The molecule has 1 aromatic carbocycles. The van der Waals surface area contributed by atoms with Crippen molar-refractivity contribution in [1.82, 2.24) is 29.6 Å². The van der Waals surface area contributed by atoms with Crippen molar-refractivity contribution in [3.05, 3.63) is 42.1 Å². The Morgan fingerprint density at radius 2 is 1.78 bits per heavy atom. The summed E-state index contributed by atoms with van der Waals surface area (Å²) in [4.78, 5) is 21.9. The first-order chi connectivity index (χ1) is 17.5. The van der Waals surface area contributed by atoms with Crippen molar-refractivity contribution in [2.45, 2.75) is 25.8 Å². The number of fused-ring (bicyclic) bond motifs is 1. The summed E-state index contributed by atoms with van der Waals surface area (Å²) in [5, 5.41) is 5.85. The number of thiazole rings is 1. The van der Waals surface area contributed by atoms with Gasteiger partial charge in [-0.15, -0.1) is 0 Å². The van der Waals surface area contributed by atoms with Crippen molar-refractivity contribution < 1.29 is 4.74 Å². The minimum absolute atomic E-state index is 0.547. The Morgan fingerprint density at radius 3 is 2.53 bits per heavy atom. The number of piperidine rings is 1. The third kappa shape index (κ3) is 4.56. The van der Waals surface area contributed by atoms with Gasteiger partial charge in [0, 0.05) is 44.0 Å². The van der Waals surface area contributed by atoms with Gasteiger partial charge in [0.25, 0.3) is 5.95 Å². The van der Waals surface area contributed by atoms with E-state index in [9.17, 15) is 0 Å². The van der Waals surface area contributed by atoms with Crippen LogP contribution in [-0.4, -0.2) is 89.2 Å². The number of rotatable bonds is 5. The van der Waals surface area contributed by atoms with Gasteiger partial charge in [0.1, 0.15) is 4.70 Å². The lowest BCUT2D eigenvalue weighted by Crippen LogP contribution is -2.41. The SMILES string of the molecule is Cc1cccc(-c2ccn(-c3nc(N4CCOCC4)c4sc(N5CCC(N(C)C)CC5)nc4n3)n2)c1.